The van der Waals surface area contributed by atoms with E-state index in [2.05, 4.69) is 20.9 Å². The summed E-state index contributed by atoms with van der Waals surface area (Å²) in [7, 11) is -3.19. The molecule has 0 saturated heterocycles. The summed E-state index contributed by atoms with van der Waals surface area (Å²) in [5.41, 5.74) is 0.686. The quantitative estimate of drug-likeness (QED) is 0.820. The van der Waals surface area contributed by atoms with E-state index in [1.165, 1.54) is 12.1 Å². The van der Waals surface area contributed by atoms with Crippen LogP contribution in [0.4, 0.5) is 0 Å². The van der Waals surface area contributed by atoms with Gasteiger partial charge in [-0.3, -0.25) is 4.98 Å². The summed E-state index contributed by atoms with van der Waals surface area (Å²) >= 11 is 9.22. The van der Waals surface area contributed by atoms with Crippen LogP contribution in [0.3, 0.4) is 0 Å². The van der Waals surface area contributed by atoms with Gasteiger partial charge in [0.25, 0.3) is 0 Å². The van der Waals surface area contributed by atoms with Gasteiger partial charge in [0.05, 0.1) is 20.1 Å². The van der Waals surface area contributed by atoms with Crippen molar-refractivity contribution in [1.29, 1.82) is 0 Å². The zero-order chi connectivity index (χ0) is 14.8. The Kier molecular flexibility index (Phi) is 4.67. The molecule has 106 valence electrons. The highest BCUT2D eigenvalue weighted by Gasteiger charge is 2.07. The third-order valence-electron chi connectivity index (χ3n) is 2.50. The number of hydrogen-bond donors (Lipinski definition) is 0. The Labute approximate surface area is 130 Å². The van der Waals surface area contributed by atoms with Crippen LogP contribution in [-0.4, -0.2) is 19.7 Å². The van der Waals surface area contributed by atoms with Gasteiger partial charge in [-0.15, -0.1) is 0 Å². The maximum atomic E-state index is 11.3. The summed E-state index contributed by atoms with van der Waals surface area (Å²) < 4.78 is 28.9. The molecule has 0 aliphatic heterocycles. The number of ether oxygens (including phenoxy) is 1. The van der Waals surface area contributed by atoms with Gasteiger partial charge in [0.15, 0.2) is 9.84 Å². The first-order valence-corrected chi connectivity index (χ1v) is 8.65. The molecular formula is C13H11BrClNO3S. The monoisotopic (exact) mass is 375 g/mol. The first-order chi connectivity index (χ1) is 9.36. The first kappa shape index (κ1) is 15.3. The zero-order valence-electron chi connectivity index (χ0n) is 10.5. The topological polar surface area (TPSA) is 56.3 Å². The highest BCUT2D eigenvalue weighted by Crippen LogP contribution is 2.22. The summed E-state index contributed by atoms with van der Waals surface area (Å²) in [6.07, 6.45) is 2.77. The molecule has 0 saturated carbocycles. The molecule has 0 aliphatic carbocycles. The van der Waals surface area contributed by atoms with Gasteiger partial charge < -0.3 is 4.74 Å². The second-order valence-corrected chi connectivity index (χ2v) is 7.40. The number of nitrogens with zero attached hydrogens (tertiary/aromatic N) is 1. The van der Waals surface area contributed by atoms with E-state index in [0.717, 1.165) is 10.7 Å². The molecule has 0 bridgehead atoms. The lowest BCUT2D eigenvalue weighted by Gasteiger charge is -2.07. The van der Waals surface area contributed by atoms with E-state index in [9.17, 15) is 8.42 Å². The molecule has 0 atom stereocenters. The molecule has 0 aliphatic rings. The van der Waals surface area contributed by atoms with Gasteiger partial charge in [-0.05, 0) is 46.3 Å². The van der Waals surface area contributed by atoms with Gasteiger partial charge in [0, 0.05) is 12.5 Å². The van der Waals surface area contributed by atoms with Gasteiger partial charge in [-0.2, -0.15) is 0 Å². The Balaban J connectivity index is 2.06. The molecule has 20 heavy (non-hydrogen) atoms. The van der Waals surface area contributed by atoms with Crippen molar-refractivity contribution in [3.63, 3.8) is 0 Å². The van der Waals surface area contributed by atoms with Crippen LogP contribution in [0.1, 0.15) is 5.69 Å². The summed E-state index contributed by atoms with van der Waals surface area (Å²) in [6.45, 7) is 0.255. The van der Waals surface area contributed by atoms with Crippen LogP contribution >= 0.6 is 27.5 Å². The lowest BCUT2D eigenvalue weighted by Crippen LogP contribution is -2.00. The Bertz CT molecular complexity index is 717. The van der Waals surface area contributed by atoms with E-state index in [1.807, 2.05) is 0 Å². The average Bonchev–Trinajstić information content (AvgIpc) is 2.40. The molecule has 0 N–H and O–H groups in total. The van der Waals surface area contributed by atoms with Crippen molar-refractivity contribution >= 4 is 37.4 Å². The van der Waals surface area contributed by atoms with E-state index >= 15 is 0 Å². The van der Waals surface area contributed by atoms with E-state index in [-0.39, 0.29) is 11.5 Å². The van der Waals surface area contributed by atoms with Gasteiger partial charge in [0.1, 0.15) is 12.4 Å². The minimum absolute atomic E-state index is 0.255. The predicted octanol–water partition coefficient (Wildman–Crippen LogP) is 3.48. The largest absolute Gasteiger partial charge is 0.487 e. The fourth-order valence-corrected chi connectivity index (χ4v) is 2.50. The minimum atomic E-state index is -3.19. The van der Waals surface area contributed by atoms with E-state index in [1.54, 1.807) is 24.4 Å². The first-order valence-electron chi connectivity index (χ1n) is 5.59. The molecule has 4 nitrogen and oxygen atoms in total. The summed E-state index contributed by atoms with van der Waals surface area (Å²) in [5.74, 6) is 0.568. The van der Waals surface area contributed by atoms with Crippen LogP contribution in [0.2, 0.25) is 5.02 Å². The van der Waals surface area contributed by atoms with E-state index in [0.29, 0.717) is 16.5 Å². The molecule has 1 aromatic heterocycles. The maximum absolute atomic E-state index is 11.3. The highest BCUT2D eigenvalue weighted by molar-refractivity contribution is 9.10. The van der Waals surface area contributed by atoms with Crippen LogP contribution < -0.4 is 4.74 Å². The van der Waals surface area contributed by atoms with Crippen LogP contribution in [-0.2, 0) is 16.4 Å². The molecule has 0 radical (unpaired) electrons. The predicted molar refractivity (Wildman–Crippen MR) is 80.8 cm³/mol. The van der Waals surface area contributed by atoms with Gasteiger partial charge in [0.2, 0.25) is 0 Å². The van der Waals surface area contributed by atoms with Crippen LogP contribution in [0.25, 0.3) is 0 Å². The van der Waals surface area contributed by atoms with Crippen molar-refractivity contribution in [2.45, 2.75) is 11.5 Å². The van der Waals surface area contributed by atoms with Gasteiger partial charge in [-0.25, -0.2) is 8.42 Å². The van der Waals surface area contributed by atoms with E-state index < -0.39 is 9.84 Å². The van der Waals surface area contributed by atoms with Gasteiger partial charge in [-0.1, -0.05) is 11.6 Å². The van der Waals surface area contributed by atoms with E-state index in [4.69, 9.17) is 16.3 Å². The van der Waals surface area contributed by atoms with Crippen LogP contribution in [0.15, 0.2) is 45.9 Å². The number of halogens is 2. The van der Waals surface area contributed by atoms with Crippen molar-refractivity contribution in [3.05, 3.63) is 51.7 Å². The van der Waals surface area contributed by atoms with Crippen molar-refractivity contribution in [1.82, 2.24) is 4.98 Å². The SMILES string of the molecule is CS(=O)(=O)c1ccc(OCc2cc(Cl)c(Br)cn2)cc1. The van der Waals surface area contributed by atoms with Crippen LogP contribution in [0, 0.1) is 0 Å². The van der Waals surface area contributed by atoms with Crippen molar-refractivity contribution in [2.24, 2.45) is 0 Å². The van der Waals surface area contributed by atoms with Crippen molar-refractivity contribution in [2.75, 3.05) is 6.26 Å². The summed E-state index contributed by atoms with van der Waals surface area (Å²) in [6, 6.07) is 7.93. The molecule has 2 aromatic rings. The zero-order valence-corrected chi connectivity index (χ0v) is 13.7. The lowest BCUT2D eigenvalue weighted by molar-refractivity contribution is 0.301. The average molecular weight is 377 g/mol. The smallest absolute Gasteiger partial charge is 0.175 e. The Morgan fingerprint density at radius 2 is 1.95 bits per heavy atom. The number of aromatic nitrogens is 1. The fraction of sp³-hybridized carbons (Fsp3) is 0.154. The highest BCUT2D eigenvalue weighted by atomic mass is 79.9. The molecule has 0 unspecified atom stereocenters. The summed E-state index contributed by atoms with van der Waals surface area (Å²) in [4.78, 5) is 4.42. The molecule has 0 spiro atoms. The number of benzene rings is 1. The molecule has 0 fully saturated rings. The van der Waals surface area contributed by atoms with Crippen molar-refractivity contribution < 1.29 is 13.2 Å². The number of hydrogen-bond acceptors (Lipinski definition) is 4. The molecule has 7 heteroatoms. The number of sulfone groups is 1. The second kappa shape index (κ2) is 6.11. The molecule has 1 heterocycles. The Morgan fingerprint density at radius 3 is 2.50 bits per heavy atom. The standard InChI is InChI=1S/C13H11BrClNO3S/c1-20(17,18)11-4-2-10(3-5-11)19-8-9-6-13(15)12(14)7-16-9/h2-7H,8H2,1H3. The minimum Gasteiger partial charge on any atom is -0.487 e. The fourth-order valence-electron chi connectivity index (χ4n) is 1.47. The molecular weight excluding hydrogens is 366 g/mol. The Hall–Kier alpha value is -1.11. The third-order valence-corrected chi connectivity index (χ3v) is 4.81. The maximum Gasteiger partial charge on any atom is 0.175 e. The molecule has 1 aromatic carbocycles. The Morgan fingerprint density at radius 1 is 1.30 bits per heavy atom. The lowest BCUT2D eigenvalue weighted by atomic mass is 10.3. The normalized spacial score (nSPS) is 11.3. The number of rotatable bonds is 4. The number of pyridine rings is 1. The third kappa shape index (κ3) is 3.94. The molecule has 0 amide bonds. The molecule has 2 rings (SSSR count). The second-order valence-electron chi connectivity index (χ2n) is 4.12. The van der Waals surface area contributed by atoms with Crippen molar-refractivity contribution in [3.8, 4) is 5.75 Å². The summed E-state index contributed by atoms with van der Waals surface area (Å²) in [5, 5.41) is 0.561. The van der Waals surface area contributed by atoms with Gasteiger partial charge >= 0.3 is 0 Å². The van der Waals surface area contributed by atoms with Crippen LogP contribution in [0.5, 0.6) is 5.75 Å².